The van der Waals surface area contributed by atoms with Gasteiger partial charge in [-0.3, -0.25) is 4.79 Å². The molecule has 0 bridgehead atoms. The van der Waals surface area contributed by atoms with Gasteiger partial charge in [0.2, 0.25) is 5.91 Å². The number of rotatable bonds is 4. The quantitative estimate of drug-likeness (QED) is 0.683. The Morgan fingerprint density at radius 1 is 1.43 bits per heavy atom. The fraction of sp³-hybridized carbons (Fsp3) is 0.889. The third kappa shape index (κ3) is 2.70. The highest BCUT2D eigenvalue weighted by Gasteiger charge is 2.35. The van der Waals surface area contributed by atoms with Gasteiger partial charge in [-0.25, -0.2) is 8.42 Å². The Balaban J connectivity index is 2.65. The van der Waals surface area contributed by atoms with Crippen LogP contribution in [0.4, 0.5) is 0 Å². The van der Waals surface area contributed by atoms with Crippen LogP contribution in [0, 0.1) is 5.92 Å². The molecule has 0 radical (unpaired) electrons. The molecule has 0 N–H and O–H groups in total. The first kappa shape index (κ1) is 11.5. The van der Waals surface area contributed by atoms with E-state index in [9.17, 15) is 13.2 Å². The van der Waals surface area contributed by atoms with E-state index in [1.165, 1.54) is 11.8 Å². The Kier molecular flexibility index (Phi) is 3.19. The fourth-order valence-electron chi connectivity index (χ4n) is 1.27. The molecule has 1 unspecified atom stereocenters. The third-order valence-corrected chi connectivity index (χ3v) is 4.71. The van der Waals surface area contributed by atoms with Gasteiger partial charge in [0.05, 0.1) is 5.75 Å². The smallest absolute Gasteiger partial charge is 0.240 e. The molecular formula is C9H17NO3S. The zero-order chi connectivity index (χ0) is 10.9. The van der Waals surface area contributed by atoms with Crippen LogP contribution in [0.2, 0.25) is 0 Å². The van der Waals surface area contributed by atoms with Crippen LogP contribution in [0.25, 0.3) is 0 Å². The van der Waals surface area contributed by atoms with Crippen molar-refractivity contribution in [1.29, 1.82) is 0 Å². The largest absolute Gasteiger partial charge is 0.348 e. The first-order chi connectivity index (χ1) is 6.34. The number of carbonyl (C=O) groups is 1. The molecule has 1 aliphatic rings. The molecule has 1 atom stereocenters. The summed E-state index contributed by atoms with van der Waals surface area (Å²) in [6.07, 6.45) is 1.98. The molecule has 1 rings (SSSR count). The van der Waals surface area contributed by atoms with E-state index in [0.29, 0.717) is 5.92 Å². The standard InChI is InChI=1S/C9H17NO3S/c1-7(9(11)10(2)3)14(12,13)6-8-4-5-8/h7-8H,4-6H2,1-3H3. The Labute approximate surface area is 85.2 Å². The molecule has 5 heteroatoms. The second-order valence-electron chi connectivity index (χ2n) is 4.15. The van der Waals surface area contributed by atoms with Crippen molar-refractivity contribution >= 4 is 15.7 Å². The van der Waals surface area contributed by atoms with Gasteiger partial charge in [-0.2, -0.15) is 0 Å². The Morgan fingerprint density at radius 3 is 2.29 bits per heavy atom. The van der Waals surface area contributed by atoms with Crippen molar-refractivity contribution in [3.05, 3.63) is 0 Å². The summed E-state index contributed by atoms with van der Waals surface area (Å²) in [6, 6.07) is 0. The van der Waals surface area contributed by atoms with Crippen LogP contribution >= 0.6 is 0 Å². The van der Waals surface area contributed by atoms with Crippen molar-refractivity contribution in [3.63, 3.8) is 0 Å². The van der Waals surface area contributed by atoms with E-state index in [-0.39, 0.29) is 11.7 Å². The van der Waals surface area contributed by atoms with Crippen LogP contribution in [-0.2, 0) is 14.6 Å². The average molecular weight is 219 g/mol. The lowest BCUT2D eigenvalue weighted by Crippen LogP contribution is -2.38. The maximum atomic E-state index is 11.7. The molecule has 0 saturated heterocycles. The van der Waals surface area contributed by atoms with Crippen LogP contribution in [0.1, 0.15) is 19.8 Å². The third-order valence-electron chi connectivity index (χ3n) is 2.49. The van der Waals surface area contributed by atoms with E-state index in [0.717, 1.165) is 12.8 Å². The molecule has 1 amide bonds. The minimum Gasteiger partial charge on any atom is -0.348 e. The van der Waals surface area contributed by atoms with Gasteiger partial charge in [0, 0.05) is 14.1 Å². The number of amides is 1. The highest BCUT2D eigenvalue weighted by atomic mass is 32.2. The molecule has 1 aliphatic carbocycles. The Morgan fingerprint density at radius 2 is 1.93 bits per heavy atom. The van der Waals surface area contributed by atoms with Crippen molar-refractivity contribution in [2.45, 2.75) is 25.0 Å². The minimum absolute atomic E-state index is 0.174. The summed E-state index contributed by atoms with van der Waals surface area (Å²) in [5.41, 5.74) is 0. The Bertz CT molecular complexity index is 317. The number of carbonyl (C=O) groups excluding carboxylic acids is 1. The van der Waals surface area contributed by atoms with E-state index >= 15 is 0 Å². The van der Waals surface area contributed by atoms with Crippen molar-refractivity contribution in [3.8, 4) is 0 Å². The molecule has 0 aromatic heterocycles. The molecule has 0 aromatic rings. The summed E-state index contributed by atoms with van der Waals surface area (Å²) in [5.74, 6) is 0.149. The molecule has 0 aromatic carbocycles. The highest BCUT2D eigenvalue weighted by Crippen LogP contribution is 2.31. The molecule has 14 heavy (non-hydrogen) atoms. The molecule has 0 aliphatic heterocycles. The van der Waals surface area contributed by atoms with Gasteiger partial charge in [0.1, 0.15) is 5.25 Å². The Hall–Kier alpha value is -0.580. The molecule has 1 saturated carbocycles. The van der Waals surface area contributed by atoms with Crippen molar-refractivity contribution < 1.29 is 13.2 Å². The van der Waals surface area contributed by atoms with Crippen molar-refractivity contribution in [1.82, 2.24) is 4.90 Å². The summed E-state index contributed by atoms with van der Waals surface area (Å²) in [4.78, 5) is 12.8. The zero-order valence-electron chi connectivity index (χ0n) is 8.86. The normalized spacial score (nSPS) is 19.1. The lowest BCUT2D eigenvalue weighted by atomic mass is 10.4. The predicted octanol–water partition coefficient (Wildman–Crippen LogP) is 0.288. The SMILES string of the molecule is CC(C(=O)N(C)C)S(=O)(=O)CC1CC1. The van der Waals surface area contributed by atoms with Gasteiger partial charge in [-0.1, -0.05) is 0 Å². The van der Waals surface area contributed by atoms with Crippen molar-refractivity contribution in [2.75, 3.05) is 19.8 Å². The molecular weight excluding hydrogens is 202 g/mol. The highest BCUT2D eigenvalue weighted by molar-refractivity contribution is 7.92. The summed E-state index contributed by atoms with van der Waals surface area (Å²) in [7, 11) is -0.0827. The average Bonchev–Trinajstić information content (AvgIpc) is 2.84. The van der Waals surface area contributed by atoms with E-state index < -0.39 is 15.1 Å². The molecule has 0 heterocycles. The molecule has 82 valence electrons. The van der Waals surface area contributed by atoms with Crippen LogP contribution in [0.3, 0.4) is 0 Å². The van der Waals surface area contributed by atoms with Crippen molar-refractivity contribution in [2.24, 2.45) is 5.92 Å². The van der Waals surface area contributed by atoms with Gasteiger partial charge in [-0.05, 0) is 25.7 Å². The number of hydrogen-bond acceptors (Lipinski definition) is 3. The fourth-order valence-corrected chi connectivity index (χ4v) is 3.07. The van der Waals surface area contributed by atoms with Gasteiger partial charge >= 0.3 is 0 Å². The second-order valence-corrected chi connectivity index (χ2v) is 6.51. The van der Waals surface area contributed by atoms with Gasteiger partial charge in [-0.15, -0.1) is 0 Å². The van der Waals surface area contributed by atoms with Crippen LogP contribution in [0.5, 0.6) is 0 Å². The number of hydrogen-bond donors (Lipinski definition) is 0. The summed E-state index contributed by atoms with van der Waals surface area (Å²) >= 11 is 0. The lowest BCUT2D eigenvalue weighted by molar-refractivity contribution is -0.127. The van der Waals surface area contributed by atoms with E-state index in [4.69, 9.17) is 0 Å². The monoisotopic (exact) mass is 219 g/mol. The molecule has 4 nitrogen and oxygen atoms in total. The maximum Gasteiger partial charge on any atom is 0.240 e. The second kappa shape index (κ2) is 3.88. The van der Waals surface area contributed by atoms with E-state index in [2.05, 4.69) is 0 Å². The maximum absolute atomic E-state index is 11.7. The first-order valence-corrected chi connectivity index (χ1v) is 6.49. The van der Waals surface area contributed by atoms with Gasteiger partial charge in [0.15, 0.2) is 9.84 Å². The zero-order valence-corrected chi connectivity index (χ0v) is 9.67. The number of sulfone groups is 1. The van der Waals surface area contributed by atoms with E-state index in [1.807, 2.05) is 0 Å². The summed E-state index contributed by atoms with van der Waals surface area (Å²) in [6.45, 7) is 1.47. The van der Waals surface area contributed by atoms with Gasteiger partial charge in [0.25, 0.3) is 0 Å². The van der Waals surface area contributed by atoms with Crippen LogP contribution < -0.4 is 0 Å². The van der Waals surface area contributed by atoms with Gasteiger partial charge < -0.3 is 4.90 Å². The lowest BCUT2D eigenvalue weighted by Gasteiger charge is -2.16. The molecule has 1 fully saturated rings. The first-order valence-electron chi connectivity index (χ1n) is 4.77. The number of nitrogens with zero attached hydrogens (tertiary/aromatic N) is 1. The topological polar surface area (TPSA) is 54.5 Å². The summed E-state index contributed by atoms with van der Waals surface area (Å²) < 4.78 is 23.4. The minimum atomic E-state index is -3.23. The summed E-state index contributed by atoms with van der Waals surface area (Å²) in [5, 5.41) is -0.891. The van der Waals surface area contributed by atoms with E-state index in [1.54, 1.807) is 14.1 Å². The molecule has 0 spiro atoms. The van der Waals surface area contributed by atoms with Crippen LogP contribution in [-0.4, -0.2) is 44.3 Å². The predicted molar refractivity (Wildman–Crippen MR) is 54.7 cm³/mol. The van der Waals surface area contributed by atoms with Crippen LogP contribution in [0.15, 0.2) is 0 Å².